The van der Waals surface area contributed by atoms with Crippen LogP contribution in [-0.2, 0) is 6.42 Å². The van der Waals surface area contributed by atoms with Crippen molar-refractivity contribution in [2.45, 2.75) is 37.4 Å². The second kappa shape index (κ2) is 6.07. The van der Waals surface area contributed by atoms with Crippen LogP contribution in [0, 0.1) is 5.92 Å². The molecule has 0 saturated heterocycles. The molecule has 1 N–H and O–H groups in total. The van der Waals surface area contributed by atoms with Crippen LogP contribution >= 0.6 is 11.8 Å². The molecule has 1 aliphatic rings. The number of nitrogens with zero attached hydrogens (tertiary/aromatic N) is 2. The summed E-state index contributed by atoms with van der Waals surface area (Å²) in [6.45, 7) is 3.92. The SMILES string of the molecule is CC(C)C(O)Cc1nc(C2CSc3ccccc3O2)no1. The first-order valence-electron chi connectivity index (χ1n) is 7.02. The molecule has 0 aliphatic carbocycles. The van der Waals surface area contributed by atoms with E-state index in [1.807, 2.05) is 38.1 Å². The largest absolute Gasteiger partial charge is 0.480 e. The number of aliphatic hydroxyl groups excluding tert-OH is 1. The Morgan fingerprint density at radius 2 is 2.19 bits per heavy atom. The summed E-state index contributed by atoms with van der Waals surface area (Å²) >= 11 is 1.72. The molecule has 0 saturated carbocycles. The zero-order valence-electron chi connectivity index (χ0n) is 12.0. The molecule has 2 aromatic rings. The van der Waals surface area contributed by atoms with Crippen molar-refractivity contribution in [1.29, 1.82) is 0 Å². The van der Waals surface area contributed by atoms with Gasteiger partial charge in [0.25, 0.3) is 0 Å². The summed E-state index contributed by atoms with van der Waals surface area (Å²) in [4.78, 5) is 5.49. The van der Waals surface area contributed by atoms with Gasteiger partial charge in [-0.25, -0.2) is 0 Å². The fraction of sp³-hybridized carbons (Fsp3) is 0.467. The van der Waals surface area contributed by atoms with Crippen molar-refractivity contribution in [3.63, 3.8) is 0 Å². The van der Waals surface area contributed by atoms with Gasteiger partial charge in [-0.15, -0.1) is 11.8 Å². The molecule has 0 bridgehead atoms. The van der Waals surface area contributed by atoms with Crippen molar-refractivity contribution in [2.75, 3.05) is 5.75 Å². The number of aromatic nitrogens is 2. The molecule has 5 nitrogen and oxygen atoms in total. The molecule has 2 heterocycles. The Morgan fingerprint density at radius 1 is 1.38 bits per heavy atom. The average molecular weight is 306 g/mol. The lowest BCUT2D eigenvalue weighted by Gasteiger charge is -2.22. The average Bonchev–Trinajstić information content (AvgIpc) is 2.95. The highest BCUT2D eigenvalue weighted by Crippen LogP contribution is 2.39. The van der Waals surface area contributed by atoms with Crippen LogP contribution in [0.25, 0.3) is 0 Å². The zero-order chi connectivity index (χ0) is 14.8. The van der Waals surface area contributed by atoms with Crippen LogP contribution in [0.1, 0.15) is 31.7 Å². The number of hydrogen-bond donors (Lipinski definition) is 1. The van der Waals surface area contributed by atoms with E-state index in [0.29, 0.717) is 18.1 Å². The molecule has 0 radical (unpaired) electrons. The van der Waals surface area contributed by atoms with Gasteiger partial charge in [-0.2, -0.15) is 4.98 Å². The number of para-hydroxylation sites is 1. The molecule has 2 unspecified atom stereocenters. The van der Waals surface area contributed by atoms with Crippen LogP contribution in [-0.4, -0.2) is 27.1 Å². The topological polar surface area (TPSA) is 68.4 Å². The van der Waals surface area contributed by atoms with Gasteiger partial charge in [0.15, 0.2) is 6.10 Å². The molecule has 0 fully saturated rings. The van der Waals surface area contributed by atoms with Gasteiger partial charge in [0, 0.05) is 10.6 Å². The van der Waals surface area contributed by atoms with Crippen LogP contribution in [0.5, 0.6) is 5.75 Å². The number of aliphatic hydroxyl groups is 1. The van der Waals surface area contributed by atoms with Gasteiger partial charge in [-0.05, 0) is 18.1 Å². The minimum absolute atomic E-state index is 0.161. The summed E-state index contributed by atoms with van der Waals surface area (Å²) in [5.41, 5.74) is 0. The minimum Gasteiger partial charge on any atom is -0.480 e. The maximum absolute atomic E-state index is 9.87. The summed E-state index contributed by atoms with van der Waals surface area (Å²) in [7, 11) is 0. The number of rotatable bonds is 4. The summed E-state index contributed by atoms with van der Waals surface area (Å²) in [6, 6.07) is 7.92. The predicted octanol–water partition coefficient (Wildman–Crippen LogP) is 2.85. The molecule has 0 spiro atoms. The molecule has 6 heteroatoms. The third-order valence-electron chi connectivity index (χ3n) is 3.43. The lowest BCUT2D eigenvalue weighted by atomic mass is 10.0. The Kier molecular flexibility index (Phi) is 4.17. The fourth-order valence-corrected chi connectivity index (χ4v) is 3.02. The number of ether oxygens (including phenoxy) is 1. The Hall–Kier alpha value is -1.53. The molecule has 1 aliphatic heterocycles. The Morgan fingerprint density at radius 3 is 3.00 bits per heavy atom. The number of fused-ring (bicyclic) bond motifs is 1. The highest BCUT2D eigenvalue weighted by Gasteiger charge is 2.26. The summed E-state index contributed by atoms with van der Waals surface area (Å²) in [6.07, 6.45) is -0.305. The van der Waals surface area contributed by atoms with E-state index in [1.54, 1.807) is 11.8 Å². The Bertz CT molecular complexity index is 614. The van der Waals surface area contributed by atoms with Crippen LogP contribution < -0.4 is 4.74 Å². The summed E-state index contributed by atoms with van der Waals surface area (Å²) < 4.78 is 11.1. The number of benzene rings is 1. The maximum atomic E-state index is 9.87. The predicted molar refractivity (Wildman–Crippen MR) is 79.4 cm³/mol. The standard InChI is InChI=1S/C15H18N2O3S/c1-9(2)10(18)7-14-16-15(17-20-14)12-8-21-13-6-4-3-5-11(13)19-12/h3-6,9-10,12,18H,7-8H2,1-2H3. The van der Waals surface area contributed by atoms with Gasteiger partial charge in [0.1, 0.15) is 5.75 Å². The van der Waals surface area contributed by atoms with E-state index in [4.69, 9.17) is 9.26 Å². The highest BCUT2D eigenvalue weighted by molar-refractivity contribution is 7.99. The molecule has 1 aromatic carbocycles. The summed E-state index contributed by atoms with van der Waals surface area (Å²) in [5.74, 6) is 2.77. The van der Waals surface area contributed by atoms with E-state index >= 15 is 0 Å². The van der Waals surface area contributed by atoms with Crippen molar-refractivity contribution in [2.24, 2.45) is 5.92 Å². The van der Waals surface area contributed by atoms with Crippen LogP contribution in [0.3, 0.4) is 0 Å². The van der Waals surface area contributed by atoms with E-state index in [2.05, 4.69) is 10.1 Å². The van der Waals surface area contributed by atoms with Crippen molar-refractivity contribution in [3.8, 4) is 5.75 Å². The fourth-order valence-electron chi connectivity index (χ4n) is 2.04. The van der Waals surface area contributed by atoms with E-state index in [9.17, 15) is 5.11 Å². The van der Waals surface area contributed by atoms with Crippen LogP contribution in [0.4, 0.5) is 0 Å². The highest BCUT2D eigenvalue weighted by atomic mass is 32.2. The lowest BCUT2D eigenvalue weighted by Crippen LogP contribution is -2.18. The third kappa shape index (κ3) is 3.22. The van der Waals surface area contributed by atoms with Gasteiger partial charge in [0.2, 0.25) is 11.7 Å². The monoisotopic (exact) mass is 306 g/mol. The molecule has 112 valence electrons. The minimum atomic E-state index is -0.472. The van der Waals surface area contributed by atoms with Gasteiger partial charge in [-0.1, -0.05) is 31.1 Å². The Balaban J connectivity index is 1.70. The van der Waals surface area contributed by atoms with Gasteiger partial charge >= 0.3 is 0 Å². The zero-order valence-corrected chi connectivity index (χ0v) is 12.8. The van der Waals surface area contributed by atoms with Crippen molar-refractivity contribution >= 4 is 11.8 Å². The van der Waals surface area contributed by atoms with Crippen molar-refractivity contribution in [1.82, 2.24) is 10.1 Å². The van der Waals surface area contributed by atoms with E-state index in [0.717, 1.165) is 16.4 Å². The quantitative estimate of drug-likeness (QED) is 0.937. The Labute approximate surface area is 127 Å². The summed E-state index contributed by atoms with van der Waals surface area (Å²) in [5, 5.41) is 13.9. The van der Waals surface area contributed by atoms with E-state index in [1.165, 1.54) is 0 Å². The molecule has 0 amide bonds. The lowest BCUT2D eigenvalue weighted by molar-refractivity contribution is 0.115. The van der Waals surface area contributed by atoms with Crippen molar-refractivity contribution in [3.05, 3.63) is 36.0 Å². The molecule has 1 aromatic heterocycles. The van der Waals surface area contributed by atoms with Gasteiger partial charge in [0.05, 0.1) is 12.5 Å². The van der Waals surface area contributed by atoms with Gasteiger partial charge in [-0.3, -0.25) is 0 Å². The number of thioether (sulfide) groups is 1. The number of hydrogen-bond acceptors (Lipinski definition) is 6. The smallest absolute Gasteiger partial charge is 0.229 e. The van der Waals surface area contributed by atoms with Gasteiger partial charge < -0.3 is 14.4 Å². The second-order valence-corrected chi connectivity index (χ2v) is 6.49. The first-order chi connectivity index (χ1) is 10.1. The van der Waals surface area contributed by atoms with Crippen molar-refractivity contribution < 1.29 is 14.4 Å². The maximum Gasteiger partial charge on any atom is 0.229 e. The first-order valence-corrected chi connectivity index (χ1v) is 8.01. The second-order valence-electron chi connectivity index (χ2n) is 5.43. The van der Waals surface area contributed by atoms with Crippen LogP contribution in [0.15, 0.2) is 33.7 Å². The molecule has 21 heavy (non-hydrogen) atoms. The third-order valence-corrected chi connectivity index (χ3v) is 4.55. The first kappa shape index (κ1) is 14.4. The normalized spacial score (nSPS) is 19.1. The van der Waals surface area contributed by atoms with E-state index in [-0.39, 0.29) is 12.0 Å². The molecule has 3 rings (SSSR count). The van der Waals surface area contributed by atoms with Crippen LogP contribution in [0.2, 0.25) is 0 Å². The molecular weight excluding hydrogens is 288 g/mol. The molecular formula is C15H18N2O3S. The van der Waals surface area contributed by atoms with E-state index < -0.39 is 6.10 Å². The molecule has 2 atom stereocenters.